The van der Waals surface area contributed by atoms with Crippen LogP contribution in [0.5, 0.6) is 0 Å². The first-order valence-corrected chi connectivity index (χ1v) is 16.9. The summed E-state index contributed by atoms with van der Waals surface area (Å²) in [6.07, 6.45) is 0. The van der Waals surface area contributed by atoms with E-state index in [4.69, 9.17) is 0 Å². The third-order valence-corrected chi connectivity index (χ3v) is 10.7. The highest BCUT2D eigenvalue weighted by Gasteiger charge is 2.40. The maximum atomic E-state index is 2.54. The number of fused-ring (bicyclic) bond motifs is 11. The highest BCUT2D eigenvalue weighted by molar-refractivity contribution is 6.27. The average Bonchev–Trinajstić information content (AvgIpc) is 3.60. The van der Waals surface area contributed by atoms with Gasteiger partial charge in [-0.15, -0.1) is 0 Å². The summed E-state index contributed by atoms with van der Waals surface area (Å²) in [5.74, 6) is 0. The van der Waals surface area contributed by atoms with Gasteiger partial charge in [-0.1, -0.05) is 147 Å². The van der Waals surface area contributed by atoms with E-state index >= 15 is 0 Å². The maximum Gasteiger partial charge on any atom is 0.0594 e. The van der Waals surface area contributed by atoms with Gasteiger partial charge in [-0.25, -0.2) is 0 Å². The second-order valence-corrected chi connectivity index (χ2v) is 13.7. The van der Waals surface area contributed by atoms with Crippen LogP contribution in [0.1, 0.15) is 25.0 Å². The Morgan fingerprint density at radius 3 is 1.92 bits per heavy atom. The molecule has 8 aromatic carbocycles. The first kappa shape index (κ1) is 27.2. The lowest BCUT2D eigenvalue weighted by atomic mass is 9.80. The minimum absolute atomic E-state index is 0.175. The fourth-order valence-corrected chi connectivity index (χ4v) is 8.49. The van der Waals surface area contributed by atoms with Gasteiger partial charge >= 0.3 is 0 Å². The van der Waals surface area contributed by atoms with Crippen LogP contribution in [-0.2, 0) is 5.41 Å². The number of aromatic nitrogens is 1. The Hall–Kier alpha value is -5.92. The first-order valence-electron chi connectivity index (χ1n) is 16.9. The van der Waals surface area contributed by atoms with E-state index in [0.717, 1.165) is 0 Å². The molecule has 1 nitrogen and oxygen atoms in total. The lowest BCUT2D eigenvalue weighted by Gasteiger charge is -2.24. The van der Waals surface area contributed by atoms with Crippen molar-refractivity contribution in [3.8, 4) is 39.1 Å². The third-order valence-electron chi connectivity index (χ3n) is 10.7. The molecule has 1 aliphatic carbocycles. The normalized spacial score (nSPS) is 13.4. The van der Waals surface area contributed by atoms with E-state index in [0.29, 0.717) is 0 Å². The SMILES string of the molecule is CC1(C)c2ccccc2-c2c1c1c(c3ccccc23)c2cc(-c3ccc4ccccc4c3)ccc2n1-c1ccc(-c2ccccc2)cc1. The number of benzene rings is 8. The van der Waals surface area contributed by atoms with Crippen LogP contribution in [0.4, 0.5) is 0 Å². The Morgan fingerprint density at radius 1 is 0.458 bits per heavy atom. The minimum atomic E-state index is -0.175. The average molecular weight is 612 g/mol. The van der Waals surface area contributed by atoms with Gasteiger partial charge < -0.3 is 4.57 Å². The van der Waals surface area contributed by atoms with E-state index in [-0.39, 0.29) is 5.41 Å². The van der Waals surface area contributed by atoms with Gasteiger partial charge in [0.2, 0.25) is 0 Å². The summed E-state index contributed by atoms with van der Waals surface area (Å²) in [6.45, 7) is 4.82. The van der Waals surface area contributed by atoms with Crippen molar-refractivity contribution in [3.05, 3.63) is 175 Å². The molecule has 0 unspecified atom stereocenters. The van der Waals surface area contributed by atoms with Crippen LogP contribution in [0.15, 0.2) is 164 Å². The standard InChI is InChI=1S/C47H33N/c1-47(2)41-19-11-10-18-39(41)43-37-16-8-9-17-38(37)44-40-29-35(34-21-20-31-14-6-7-15-33(31)28-34)24-27-42(40)48(46(44)45(43)47)36-25-22-32(23-26-36)30-12-4-3-5-13-30/h3-29H,1-2H3. The smallest absolute Gasteiger partial charge is 0.0594 e. The number of rotatable bonds is 3. The molecule has 1 heteroatoms. The summed E-state index contributed by atoms with van der Waals surface area (Å²) in [7, 11) is 0. The fraction of sp³-hybridized carbons (Fsp3) is 0.0638. The van der Waals surface area contributed by atoms with Gasteiger partial charge in [0, 0.05) is 21.9 Å². The van der Waals surface area contributed by atoms with Crippen LogP contribution >= 0.6 is 0 Å². The van der Waals surface area contributed by atoms with Crippen LogP contribution in [-0.4, -0.2) is 4.57 Å². The zero-order valence-corrected chi connectivity index (χ0v) is 27.0. The molecule has 48 heavy (non-hydrogen) atoms. The van der Waals surface area contributed by atoms with Gasteiger partial charge in [-0.05, 0) is 96.4 Å². The van der Waals surface area contributed by atoms with Crippen LogP contribution in [0.2, 0.25) is 0 Å². The molecule has 9 aromatic rings. The molecule has 0 N–H and O–H groups in total. The number of hydrogen-bond acceptors (Lipinski definition) is 0. The monoisotopic (exact) mass is 611 g/mol. The minimum Gasteiger partial charge on any atom is -0.309 e. The molecule has 1 heterocycles. The van der Waals surface area contributed by atoms with Crippen molar-refractivity contribution in [1.82, 2.24) is 4.57 Å². The molecular formula is C47H33N. The molecule has 0 bridgehead atoms. The van der Waals surface area contributed by atoms with Crippen molar-refractivity contribution in [2.24, 2.45) is 0 Å². The van der Waals surface area contributed by atoms with Gasteiger partial charge in [0.05, 0.1) is 11.0 Å². The fourth-order valence-electron chi connectivity index (χ4n) is 8.49. The largest absolute Gasteiger partial charge is 0.309 e. The van der Waals surface area contributed by atoms with Crippen molar-refractivity contribution in [1.29, 1.82) is 0 Å². The van der Waals surface area contributed by atoms with Crippen molar-refractivity contribution in [3.63, 3.8) is 0 Å². The van der Waals surface area contributed by atoms with Gasteiger partial charge in [0.25, 0.3) is 0 Å². The van der Waals surface area contributed by atoms with Crippen LogP contribution < -0.4 is 0 Å². The first-order chi connectivity index (χ1) is 23.6. The van der Waals surface area contributed by atoms with Crippen LogP contribution in [0, 0.1) is 0 Å². The Bertz CT molecular complexity index is 2730. The van der Waals surface area contributed by atoms with Gasteiger partial charge in [-0.3, -0.25) is 0 Å². The molecule has 0 fully saturated rings. The zero-order valence-electron chi connectivity index (χ0n) is 27.0. The summed E-state index contributed by atoms with van der Waals surface area (Å²) in [4.78, 5) is 0. The summed E-state index contributed by atoms with van der Waals surface area (Å²) in [5.41, 5.74) is 14.0. The predicted octanol–water partition coefficient (Wildman–Crippen LogP) is 12.7. The Kier molecular flexibility index (Phi) is 5.69. The second kappa shape index (κ2) is 10.0. The van der Waals surface area contributed by atoms with Gasteiger partial charge in [0.1, 0.15) is 0 Å². The summed E-state index contributed by atoms with van der Waals surface area (Å²) >= 11 is 0. The molecule has 0 saturated heterocycles. The molecule has 0 spiro atoms. The molecule has 0 atom stereocenters. The van der Waals surface area contributed by atoms with E-state index in [2.05, 4.69) is 182 Å². The van der Waals surface area contributed by atoms with Crippen LogP contribution in [0.3, 0.4) is 0 Å². The molecule has 0 aliphatic heterocycles. The van der Waals surface area contributed by atoms with Gasteiger partial charge in [0.15, 0.2) is 0 Å². The molecule has 1 aromatic heterocycles. The number of hydrogen-bond donors (Lipinski definition) is 0. The molecular weight excluding hydrogens is 579 g/mol. The Morgan fingerprint density at radius 2 is 1.08 bits per heavy atom. The van der Waals surface area contributed by atoms with Crippen LogP contribution in [0.25, 0.3) is 82.4 Å². The lowest BCUT2D eigenvalue weighted by molar-refractivity contribution is 0.664. The maximum absolute atomic E-state index is 2.54. The molecule has 0 saturated carbocycles. The van der Waals surface area contributed by atoms with Crippen molar-refractivity contribution < 1.29 is 0 Å². The molecule has 0 radical (unpaired) electrons. The quantitative estimate of drug-likeness (QED) is 0.187. The summed E-state index contributed by atoms with van der Waals surface area (Å²) < 4.78 is 2.54. The molecule has 226 valence electrons. The van der Waals surface area contributed by atoms with E-state index in [1.165, 1.54) is 93.5 Å². The van der Waals surface area contributed by atoms with E-state index in [1.54, 1.807) is 0 Å². The second-order valence-electron chi connectivity index (χ2n) is 13.7. The molecule has 0 amide bonds. The highest BCUT2D eigenvalue weighted by atomic mass is 15.0. The Labute approximate surface area is 280 Å². The topological polar surface area (TPSA) is 4.93 Å². The molecule has 1 aliphatic rings. The van der Waals surface area contributed by atoms with Crippen molar-refractivity contribution in [2.45, 2.75) is 19.3 Å². The van der Waals surface area contributed by atoms with E-state index in [9.17, 15) is 0 Å². The van der Waals surface area contributed by atoms with E-state index < -0.39 is 0 Å². The summed E-state index contributed by atoms with van der Waals surface area (Å²) in [5, 5.41) is 7.77. The molecule has 10 rings (SSSR count). The Balaban J connectivity index is 1.34. The number of nitrogens with zero attached hydrogens (tertiary/aromatic N) is 1. The van der Waals surface area contributed by atoms with Crippen molar-refractivity contribution in [2.75, 3.05) is 0 Å². The highest BCUT2D eigenvalue weighted by Crippen LogP contribution is 2.56. The van der Waals surface area contributed by atoms with Crippen molar-refractivity contribution >= 4 is 43.4 Å². The third kappa shape index (κ3) is 3.79. The summed E-state index contributed by atoms with van der Waals surface area (Å²) in [6, 6.07) is 60.4. The predicted molar refractivity (Wildman–Crippen MR) is 204 cm³/mol. The van der Waals surface area contributed by atoms with E-state index in [1.807, 2.05) is 0 Å². The lowest BCUT2D eigenvalue weighted by Crippen LogP contribution is -2.16. The van der Waals surface area contributed by atoms with Gasteiger partial charge in [-0.2, -0.15) is 0 Å². The zero-order chi connectivity index (χ0) is 32.0.